The number of para-hydroxylation sites is 1. The van der Waals surface area contributed by atoms with Gasteiger partial charge in [0.25, 0.3) is 5.56 Å². The molecule has 0 bridgehead atoms. The lowest BCUT2D eigenvalue weighted by Crippen LogP contribution is -2.49. The number of aromatic amines is 1. The smallest absolute Gasteiger partial charge is 0.252 e. The highest BCUT2D eigenvalue weighted by Gasteiger charge is 2.29. The number of benzene rings is 2. The lowest BCUT2D eigenvalue weighted by Gasteiger charge is -2.36. The van der Waals surface area contributed by atoms with Crippen LogP contribution in [0.4, 0.5) is 11.6 Å². The van der Waals surface area contributed by atoms with Crippen molar-refractivity contribution in [2.24, 2.45) is 0 Å². The Hall–Kier alpha value is -3.92. The van der Waals surface area contributed by atoms with Crippen LogP contribution < -0.4 is 20.1 Å². The van der Waals surface area contributed by atoms with Crippen LogP contribution in [0, 0.1) is 11.3 Å². The number of anilines is 2. The molecular formula is C27H31N7O4S. The standard InChI is InChI=1S/C27H31N7O4S/c1-38-23-6-8-24(9-7-23)39(36,37)34-16-14-33(15-17-34)27-29-22(18-26(35)30-27)20-31-10-12-32(13-11-31)25-5-3-2-4-21(25)19-28/h2-9,18H,10-17,20H2,1H3,(H,29,30,35). The van der Waals surface area contributed by atoms with E-state index >= 15 is 0 Å². The molecule has 2 aliphatic rings. The van der Waals surface area contributed by atoms with E-state index in [0.717, 1.165) is 31.9 Å². The second-order valence-corrected chi connectivity index (χ2v) is 11.5. The van der Waals surface area contributed by atoms with Crippen molar-refractivity contribution in [1.82, 2.24) is 19.2 Å². The summed E-state index contributed by atoms with van der Waals surface area (Å²) in [6.45, 7) is 5.06. The minimum Gasteiger partial charge on any atom is -0.497 e. The lowest BCUT2D eigenvalue weighted by atomic mass is 10.1. The van der Waals surface area contributed by atoms with Gasteiger partial charge in [-0.1, -0.05) is 12.1 Å². The molecular weight excluding hydrogens is 518 g/mol. The van der Waals surface area contributed by atoms with Gasteiger partial charge < -0.3 is 14.5 Å². The van der Waals surface area contributed by atoms with Gasteiger partial charge in [0.2, 0.25) is 16.0 Å². The van der Waals surface area contributed by atoms with Crippen molar-refractivity contribution in [3.63, 3.8) is 0 Å². The molecule has 5 rings (SSSR count). The average Bonchev–Trinajstić information content (AvgIpc) is 2.97. The van der Waals surface area contributed by atoms with Crippen LogP contribution in [0.2, 0.25) is 0 Å². The van der Waals surface area contributed by atoms with Crippen LogP contribution in [0.3, 0.4) is 0 Å². The summed E-state index contributed by atoms with van der Waals surface area (Å²) >= 11 is 0. The maximum absolute atomic E-state index is 13.1. The molecule has 0 radical (unpaired) electrons. The third-order valence-corrected chi connectivity index (χ3v) is 9.05. The summed E-state index contributed by atoms with van der Waals surface area (Å²) in [5, 5.41) is 9.41. The summed E-state index contributed by atoms with van der Waals surface area (Å²) in [5.41, 5.74) is 2.06. The molecule has 11 nitrogen and oxygen atoms in total. The largest absolute Gasteiger partial charge is 0.497 e. The molecule has 204 valence electrons. The highest BCUT2D eigenvalue weighted by Crippen LogP contribution is 2.23. The van der Waals surface area contributed by atoms with Crippen LogP contribution >= 0.6 is 0 Å². The van der Waals surface area contributed by atoms with Crippen molar-refractivity contribution in [3.8, 4) is 11.8 Å². The number of nitrogens with one attached hydrogen (secondary N) is 1. The summed E-state index contributed by atoms with van der Waals surface area (Å²) in [6, 6.07) is 17.8. The molecule has 0 unspecified atom stereocenters. The fourth-order valence-electron chi connectivity index (χ4n) is 4.98. The van der Waals surface area contributed by atoms with Gasteiger partial charge in [0.1, 0.15) is 11.8 Å². The summed E-state index contributed by atoms with van der Waals surface area (Å²) in [4.78, 5) is 26.6. The van der Waals surface area contributed by atoms with Crippen molar-refractivity contribution in [2.75, 3.05) is 69.3 Å². The topological polar surface area (TPSA) is 126 Å². The van der Waals surface area contributed by atoms with E-state index in [-0.39, 0.29) is 23.5 Å². The Bertz CT molecular complexity index is 1500. The molecule has 1 aromatic heterocycles. The second-order valence-electron chi connectivity index (χ2n) is 9.52. The van der Waals surface area contributed by atoms with Crippen molar-refractivity contribution < 1.29 is 13.2 Å². The molecule has 1 N–H and O–H groups in total. The van der Waals surface area contributed by atoms with E-state index in [0.29, 0.717) is 42.6 Å². The zero-order valence-electron chi connectivity index (χ0n) is 21.8. The molecule has 0 saturated carbocycles. The first-order valence-corrected chi connectivity index (χ1v) is 14.3. The summed E-state index contributed by atoms with van der Waals surface area (Å²) in [5.74, 6) is 1.06. The first-order valence-electron chi connectivity index (χ1n) is 12.8. The van der Waals surface area contributed by atoms with Gasteiger partial charge in [0, 0.05) is 65.0 Å². The highest BCUT2D eigenvalue weighted by molar-refractivity contribution is 7.89. The van der Waals surface area contributed by atoms with Crippen LogP contribution in [-0.4, -0.2) is 87.1 Å². The summed E-state index contributed by atoms with van der Waals surface area (Å²) in [7, 11) is -2.09. The second kappa shape index (κ2) is 11.4. The van der Waals surface area contributed by atoms with E-state index in [1.165, 1.54) is 17.5 Å². The Kier molecular flexibility index (Phi) is 7.83. The van der Waals surface area contributed by atoms with E-state index in [1.807, 2.05) is 29.2 Å². The Balaban J connectivity index is 1.20. The zero-order valence-corrected chi connectivity index (χ0v) is 22.6. The van der Waals surface area contributed by atoms with E-state index in [2.05, 4.69) is 20.9 Å². The van der Waals surface area contributed by atoms with E-state index in [4.69, 9.17) is 9.72 Å². The Morgan fingerprint density at radius 3 is 2.28 bits per heavy atom. The van der Waals surface area contributed by atoms with Crippen LogP contribution in [-0.2, 0) is 16.6 Å². The molecule has 39 heavy (non-hydrogen) atoms. The predicted octanol–water partition coefficient (Wildman–Crippen LogP) is 1.48. The van der Waals surface area contributed by atoms with Gasteiger partial charge >= 0.3 is 0 Å². The average molecular weight is 550 g/mol. The van der Waals surface area contributed by atoms with Crippen LogP contribution in [0.1, 0.15) is 11.3 Å². The highest BCUT2D eigenvalue weighted by atomic mass is 32.2. The minimum absolute atomic E-state index is 0.224. The first-order chi connectivity index (χ1) is 18.9. The maximum Gasteiger partial charge on any atom is 0.252 e. The van der Waals surface area contributed by atoms with Crippen molar-refractivity contribution in [2.45, 2.75) is 11.4 Å². The summed E-state index contributed by atoms with van der Waals surface area (Å²) in [6.07, 6.45) is 0. The maximum atomic E-state index is 13.1. The van der Waals surface area contributed by atoms with Crippen molar-refractivity contribution in [3.05, 3.63) is 76.2 Å². The third-order valence-electron chi connectivity index (χ3n) is 7.14. The van der Waals surface area contributed by atoms with Crippen LogP contribution in [0.5, 0.6) is 5.75 Å². The molecule has 2 aliphatic heterocycles. The normalized spacial score (nSPS) is 17.1. The molecule has 0 spiro atoms. The number of nitriles is 1. The Morgan fingerprint density at radius 2 is 1.62 bits per heavy atom. The van der Waals surface area contributed by atoms with Gasteiger partial charge in [-0.2, -0.15) is 9.57 Å². The summed E-state index contributed by atoms with van der Waals surface area (Å²) < 4.78 is 32.7. The van der Waals surface area contributed by atoms with Gasteiger partial charge in [0.15, 0.2) is 0 Å². The number of hydrogen-bond acceptors (Lipinski definition) is 9. The van der Waals surface area contributed by atoms with Gasteiger partial charge in [0.05, 0.1) is 29.0 Å². The van der Waals surface area contributed by atoms with E-state index in [9.17, 15) is 18.5 Å². The molecule has 12 heteroatoms. The van der Waals surface area contributed by atoms with Gasteiger partial charge in [-0.15, -0.1) is 0 Å². The Morgan fingerprint density at radius 1 is 0.949 bits per heavy atom. The van der Waals surface area contributed by atoms with E-state index < -0.39 is 10.0 Å². The monoisotopic (exact) mass is 549 g/mol. The molecule has 3 heterocycles. The number of aromatic nitrogens is 2. The molecule has 0 atom stereocenters. The molecule has 2 saturated heterocycles. The number of ether oxygens (including phenoxy) is 1. The lowest BCUT2D eigenvalue weighted by molar-refractivity contribution is 0.247. The number of rotatable bonds is 7. The van der Waals surface area contributed by atoms with E-state index in [1.54, 1.807) is 24.3 Å². The van der Waals surface area contributed by atoms with Gasteiger partial charge in [-0.25, -0.2) is 13.4 Å². The fourth-order valence-corrected chi connectivity index (χ4v) is 6.40. The first kappa shape index (κ1) is 26.7. The fraction of sp³-hybridized carbons (Fsp3) is 0.370. The number of H-pyrrole nitrogens is 1. The van der Waals surface area contributed by atoms with Gasteiger partial charge in [-0.05, 0) is 36.4 Å². The number of nitrogens with zero attached hydrogens (tertiary/aromatic N) is 6. The predicted molar refractivity (Wildman–Crippen MR) is 147 cm³/mol. The Labute approximate surface area is 227 Å². The molecule has 3 aromatic rings. The number of sulfonamides is 1. The number of piperazine rings is 2. The zero-order chi connectivity index (χ0) is 27.4. The van der Waals surface area contributed by atoms with Crippen molar-refractivity contribution >= 4 is 21.7 Å². The molecule has 2 aromatic carbocycles. The third kappa shape index (κ3) is 5.90. The quantitative estimate of drug-likeness (QED) is 0.466. The SMILES string of the molecule is COc1ccc(S(=O)(=O)N2CCN(c3nc(CN4CCN(c5ccccc5C#N)CC4)cc(=O)[nH]3)CC2)cc1. The molecule has 0 amide bonds. The molecule has 0 aliphatic carbocycles. The number of methoxy groups -OCH3 is 1. The molecule has 2 fully saturated rings. The number of hydrogen-bond donors (Lipinski definition) is 1. The van der Waals surface area contributed by atoms with Gasteiger partial charge in [-0.3, -0.25) is 14.7 Å². The van der Waals surface area contributed by atoms with Crippen LogP contribution in [0.15, 0.2) is 64.3 Å². The van der Waals surface area contributed by atoms with Crippen molar-refractivity contribution in [1.29, 1.82) is 5.26 Å². The van der Waals surface area contributed by atoms with Crippen LogP contribution in [0.25, 0.3) is 0 Å². The minimum atomic E-state index is -3.63.